The number of nitrogens with zero attached hydrogens (tertiary/aromatic N) is 4. The minimum Gasteiger partial charge on any atom is -0.393 e. The summed E-state index contributed by atoms with van der Waals surface area (Å²) >= 11 is 0. The lowest BCUT2D eigenvalue weighted by Gasteiger charge is -2.31. The van der Waals surface area contributed by atoms with Crippen LogP contribution in [0.25, 0.3) is 17.3 Å². The lowest BCUT2D eigenvalue weighted by atomic mass is 9.97. The number of hydrogen-bond acceptors (Lipinski definition) is 8. The lowest BCUT2D eigenvalue weighted by molar-refractivity contribution is -0.109. The summed E-state index contributed by atoms with van der Waals surface area (Å²) in [6.07, 6.45) is 10.9. The van der Waals surface area contributed by atoms with E-state index in [4.69, 9.17) is 4.98 Å². The Morgan fingerprint density at radius 2 is 1.88 bits per heavy atom. The molecule has 0 bridgehead atoms. The highest BCUT2D eigenvalue weighted by atomic mass is 16.3. The van der Waals surface area contributed by atoms with Crippen molar-refractivity contribution in [2.75, 3.05) is 23.3 Å². The summed E-state index contributed by atoms with van der Waals surface area (Å²) < 4.78 is 0. The first-order valence-electron chi connectivity index (χ1n) is 10.7. The quantitative estimate of drug-likeness (QED) is 0.533. The van der Waals surface area contributed by atoms with Crippen molar-refractivity contribution in [2.24, 2.45) is 0 Å². The van der Waals surface area contributed by atoms with E-state index in [0.29, 0.717) is 5.82 Å². The molecular weight excluding hydrogens is 404 g/mol. The number of carbonyl (C=O) groups excluding carboxylic acids is 1. The number of hydrogen-bond donors (Lipinski definition) is 3. The summed E-state index contributed by atoms with van der Waals surface area (Å²) in [5, 5.41) is 16.2. The molecule has 4 heterocycles. The zero-order valence-corrected chi connectivity index (χ0v) is 17.5. The highest BCUT2D eigenvalue weighted by molar-refractivity contribution is 5.80. The standard InChI is InChI=1S/C24H24N6O2/c31-14-22-23-16(5-8-27-22)11-21(17-12-25-15-26-13-17)29-24(23)28-18-1-3-19(4-2-18)30-9-6-20(32)7-10-30/h1-5,8,11-15,20,22,27,32H,6-7,9-10H2,(H,28,29). The van der Waals surface area contributed by atoms with E-state index in [1.165, 1.54) is 6.33 Å². The fourth-order valence-electron chi connectivity index (χ4n) is 4.16. The van der Waals surface area contributed by atoms with Crippen molar-refractivity contribution in [3.8, 4) is 11.3 Å². The third-order valence-corrected chi connectivity index (χ3v) is 5.89. The topological polar surface area (TPSA) is 103 Å². The molecule has 2 aliphatic heterocycles. The summed E-state index contributed by atoms with van der Waals surface area (Å²) in [7, 11) is 0. The Morgan fingerprint density at radius 1 is 1.12 bits per heavy atom. The predicted octanol–water partition coefficient (Wildman–Crippen LogP) is 3.06. The number of benzene rings is 1. The van der Waals surface area contributed by atoms with E-state index >= 15 is 0 Å². The van der Waals surface area contributed by atoms with E-state index in [1.807, 2.05) is 24.3 Å². The first-order valence-corrected chi connectivity index (χ1v) is 10.7. The number of carbonyl (C=O) groups is 1. The molecular formula is C24H24N6O2. The average Bonchev–Trinajstić information content (AvgIpc) is 2.85. The molecule has 8 heteroatoms. The largest absolute Gasteiger partial charge is 0.393 e. The zero-order chi connectivity index (χ0) is 21.9. The molecule has 1 aromatic carbocycles. The van der Waals surface area contributed by atoms with Crippen LogP contribution in [0.1, 0.15) is 30.0 Å². The molecule has 1 saturated heterocycles. The zero-order valence-electron chi connectivity index (χ0n) is 17.5. The minimum atomic E-state index is -0.481. The molecule has 0 aliphatic carbocycles. The van der Waals surface area contributed by atoms with Gasteiger partial charge >= 0.3 is 0 Å². The Kier molecular flexibility index (Phi) is 5.51. The smallest absolute Gasteiger partial charge is 0.146 e. The van der Waals surface area contributed by atoms with Crippen LogP contribution >= 0.6 is 0 Å². The summed E-state index contributed by atoms with van der Waals surface area (Å²) in [6, 6.07) is 9.61. The van der Waals surface area contributed by atoms with Crippen LogP contribution in [0, 0.1) is 0 Å². The molecule has 3 aromatic rings. The molecule has 1 unspecified atom stereocenters. The molecule has 2 aliphatic rings. The van der Waals surface area contributed by atoms with Crippen molar-refractivity contribution in [3.05, 3.63) is 66.4 Å². The van der Waals surface area contributed by atoms with Gasteiger partial charge in [-0.3, -0.25) is 0 Å². The van der Waals surface area contributed by atoms with Gasteiger partial charge in [-0.2, -0.15) is 0 Å². The maximum absolute atomic E-state index is 11.7. The molecule has 0 amide bonds. The molecule has 1 fully saturated rings. The molecule has 0 saturated carbocycles. The van der Waals surface area contributed by atoms with E-state index in [-0.39, 0.29) is 6.10 Å². The highest BCUT2D eigenvalue weighted by Gasteiger charge is 2.23. The summed E-state index contributed by atoms with van der Waals surface area (Å²) in [5.41, 5.74) is 5.25. The van der Waals surface area contributed by atoms with Gasteiger partial charge in [-0.15, -0.1) is 0 Å². The predicted molar refractivity (Wildman–Crippen MR) is 123 cm³/mol. The summed E-state index contributed by atoms with van der Waals surface area (Å²) in [6.45, 7) is 1.70. The van der Waals surface area contributed by atoms with Gasteiger partial charge in [0, 0.05) is 48.0 Å². The Bertz CT molecular complexity index is 1130. The Labute approximate surface area is 186 Å². The number of pyridine rings is 1. The van der Waals surface area contributed by atoms with Crippen LogP contribution in [0.5, 0.6) is 0 Å². The van der Waals surface area contributed by atoms with Crippen molar-refractivity contribution < 1.29 is 9.90 Å². The number of aliphatic hydroxyl groups excluding tert-OH is 1. The monoisotopic (exact) mass is 428 g/mol. The van der Waals surface area contributed by atoms with E-state index < -0.39 is 6.04 Å². The fraction of sp³-hybridized carbons (Fsp3) is 0.250. The molecule has 1 atom stereocenters. The van der Waals surface area contributed by atoms with Crippen LogP contribution in [0.15, 0.2) is 55.3 Å². The van der Waals surface area contributed by atoms with E-state index in [0.717, 1.165) is 66.0 Å². The van der Waals surface area contributed by atoms with Gasteiger partial charge in [0.15, 0.2) is 0 Å². The molecule has 5 rings (SSSR count). The number of aromatic nitrogens is 3. The van der Waals surface area contributed by atoms with E-state index in [2.05, 4.69) is 37.6 Å². The normalized spacial score (nSPS) is 18.0. The second kappa shape index (κ2) is 8.76. The number of nitrogens with one attached hydrogen (secondary N) is 2. The SMILES string of the molecule is O=CC1NC=Cc2cc(-c3cncnc3)nc(Nc3ccc(N4CCC(O)CC4)cc3)c21. The van der Waals surface area contributed by atoms with E-state index in [1.54, 1.807) is 18.6 Å². The van der Waals surface area contributed by atoms with Crippen LogP contribution in [0.3, 0.4) is 0 Å². The number of aldehydes is 1. The first kappa shape index (κ1) is 20.1. The Morgan fingerprint density at radius 3 is 2.59 bits per heavy atom. The van der Waals surface area contributed by atoms with Crippen molar-refractivity contribution in [1.82, 2.24) is 20.3 Å². The minimum absolute atomic E-state index is 0.194. The number of aliphatic hydroxyl groups is 1. The van der Waals surface area contributed by atoms with Crippen LogP contribution in [-0.4, -0.2) is 45.5 Å². The maximum Gasteiger partial charge on any atom is 0.146 e. The second-order valence-electron chi connectivity index (χ2n) is 7.99. The van der Waals surface area contributed by atoms with Crippen molar-refractivity contribution >= 4 is 29.6 Å². The fourth-order valence-corrected chi connectivity index (χ4v) is 4.16. The number of piperidine rings is 1. The van der Waals surface area contributed by atoms with Gasteiger partial charge in [-0.25, -0.2) is 15.0 Å². The number of anilines is 3. The molecule has 3 N–H and O–H groups in total. The average molecular weight is 428 g/mol. The van der Waals surface area contributed by atoms with Crippen LogP contribution in [0.2, 0.25) is 0 Å². The first-order chi connectivity index (χ1) is 15.7. The maximum atomic E-state index is 11.7. The van der Waals surface area contributed by atoms with Gasteiger partial charge in [0.05, 0.1) is 11.8 Å². The van der Waals surface area contributed by atoms with Gasteiger partial charge in [0.1, 0.15) is 24.5 Å². The summed E-state index contributed by atoms with van der Waals surface area (Å²) in [4.78, 5) is 27.0. The molecule has 162 valence electrons. The Balaban J connectivity index is 1.47. The van der Waals surface area contributed by atoms with Crippen molar-refractivity contribution in [1.29, 1.82) is 0 Å². The third-order valence-electron chi connectivity index (χ3n) is 5.89. The van der Waals surface area contributed by atoms with Crippen molar-refractivity contribution in [3.63, 3.8) is 0 Å². The van der Waals surface area contributed by atoms with Gasteiger partial charge in [0.2, 0.25) is 0 Å². The third kappa shape index (κ3) is 4.04. The number of fused-ring (bicyclic) bond motifs is 1. The molecule has 8 nitrogen and oxygen atoms in total. The van der Waals surface area contributed by atoms with Crippen LogP contribution in [0.4, 0.5) is 17.2 Å². The Hall–Kier alpha value is -3.78. The second-order valence-corrected chi connectivity index (χ2v) is 7.99. The molecule has 0 spiro atoms. The van der Waals surface area contributed by atoms with Gasteiger partial charge in [-0.05, 0) is 61.0 Å². The van der Waals surface area contributed by atoms with Crippen molar-refractivity contribution in [2.45, 2.75) is 25.0 Å². The molecule has 2 aromatic heterocycles. The van der Waals surface area contributed by atoms with Crippen LogP contribution in [-0.2, 0) is 4.79 Å². The highest BCUT2D eigenvalue weighted by Crippen LogP contribution is 2.34. The molecule has 0 radical (unpaired) electrons. The van der Waals surface area contributed by atoms with E-state index in [9.17, 15) is 9.90 Å². The summed E-state index contributed by atoms with van der Waals surface area (Å²) in [5.74, 6) is 0.615. The van der Waals surface area contributed by atoms with Crippen LogP contribution < -0.4 is 15.5 Å². The molecule has 32 heavy (non-hydrogen) atoms. The lowest BCUT2D eigenvalue weighted by Crippen LogP contribution is -2.35. The van der Waals surface area contributed by atoms with Gasteiger partial charge < -0.3 is 25.4 Å². The number of rotatable bonds is 5. The van der Waals surface area contributed by atoms with Gasteiger partial charge in [-0.1, -0.05) is 0 Å². The van der Waals surface area contributed by atoms with Gasteiger partial charge in [0.25, 0.3) is 0 Å².